The Labute approximate surface area is 537 Å². The summed E-state index contributed by atoms with van der Waals surface area (Å²) in [4.78, 5) is 0. The van der Waals surface area contributed by atoms with Crippen molar-refractivity contribution < 1.29 is 0 Å². The van der Waals surface area contributed by atoms with Crippen molar-refractivity contribution in [3.63, 3.8) is 0 Å². The molecule has 0 fully saturated rings. The van der Waals surface area contributed by atoms with Gasteiger partial charge in [-0.1, -0.05) is 514 Å². The molecular weight excluding hydrogens is 925 g/mol. The second-order valence-corrected chi connectivity index (χ2v) is 0. The largest absolute Gasteiger partial charge is 0.106 e. The molecule has 0 aliphatic rings. The topological polar surface area (TPSA) is 0 Å². The summed E-state index contributed by atoms with van der Waals surface area (Å²) in [6.07, 6.45) is 0. The van der Waals surface area contributed by atoms with Crippen molar-refractivity contribution in [3.8, 4) is 0 Å². The van der Waals surface area contributed by atoms with Crippen LogP contribution in [0.4, 0.5) is 0 Å². The molecule has 0 aliphatic carbocycles. The lowest BCUT2D eigenvalue weighted by molar-refractivity contribution is 1.50. The Morgan fingerprint density at radius 3 is 0.0649 bits per heavy atom. The van der Waals surface area contributed by atoms with Crippen LogP contribution in [-0.2, 0) is 0 Å². The predicted molar refractivity (Wildman–Crippen MR) is 455 cm³/mol. The molecule has 0 nitrogen and oxygen atoms in total. The average Bonchev–Trinajstić information content (AvgIpc) is 3.50. The summed E-state index contributed by atoms with van der Waals surface area (Å²) in [5.74, 6) is 0. The molecule has 0 spiro atoms. The molecule has 0 radical (unpaired) electrons. The summed E-state index contributed by atoms with van der Waals surface area (Å²) in [7, 11) is 0. The molecule has 77 heavy (non-hydrogen) atoms. The van der Waals surface area contributed by atoms with Crippen LogP contribution >= 0.6 is 0 Å². The lowest BCUT2D eigenvalue weighted by atomic mass is 11.0. The molecule has 0 atom stereocenters. The van der Waals surface area contributed by atoms with Crippen molar-refractivity contribution in [3.05, 3.63) is 26.3 Å². The van der Waals surface area contributed by atoms with Gasteiger partial charge in [0.1, 0.15) is 0 Å². The molecule has 0 N–H and O–H groups in total. The van der Waals surface area contributed by atoms with Crippen LogP contribution in [-0.4, -0.2) is 0 Å². The standard InChI is InChI=1S/28C2H6.2C2H4.17CH4/c30*1-2;;;;;;;;;;;;;;;;;/h28*1-2H3;2*1-2H2;17*1H4. The minimum Gasteiger partial charge on any atom is -0.106 e. The number of rotatable bonds is 0. The van der Waals surface area contributed by atoms with Gasteiger partial charge in [0.25, 0.3) is 0 Å². The molecular formula is C77H244. The molecule has 552 valence electrons. The lowest BCUT2D eigenvalue weighted by Gasteiger charge is -1.07. The molecule has 0 aliphatic heterocycles. The van der Waals surface area contributed by atoms with Gasteiger partial charge in [0, 0.05) is 0 Å². The minimum absolute atomic E-state index is 0. The van der Waals surface area contributed by atoms with Gasteiger partial charge in [-0.15, -0.1) is 26.3 Å². The summed E-state index contributed by atoms with van der Waals surface area (Å²) in [6.45, 7) is 124. The first kappa shape index (κ1) is 501. The van der Waals surface area contributed by atoms with Gasteiger partial charge in [-0.25, -0.2) is 0 Å². The molecule has 0 heteroatoms. The van der Waals surface area contributed by atoms with E-state index in [-0.39, 0.29) is 126 Å². The zero-order valence-corrected chi connectivity index (χ0v) is 58.8. The second kappa shape index (κ2) is 1550000. The zero-order chi connectivity index (χ0) is 60.0. The second-order valence-electron chi connectivity index (χ2n) is 0. The maximum absolute atomic E-state index is 3.00. The highest BCUT2D eigenvalue weighted by molar-refractivity contribution is 4.22. The fraction of sp³-hybridized carbons (Fsp3) is 0.948. The van der Waals surface area contributed by atoms with Gasteiger partial charge < -0.3 is 0 Å². The molecule has 0 aromatic heterocycles. The van der Waals surface area contributed by atoms with Gasteiger partial charge in [0.05, 0.1) is 0 Å². The highest BCUT2D eigenvalue weighted by Gasteiger charge is 0.987. The highest BCUT2D eigenvalue weighted by atomic mass is 13.1. The maximum atomic E-state index is 3.00. The van der Waals surface area contributed by atoms with E-state index in [1.165, 1.54) is 0 Å². The fourth-order valence-electron chi connectivity index (χ4n) is 0. The van der Waals surface area contributed by atoms with Crippen LogP contribution in [0.1, 0.15) is 514 Å². The molecule has 0 aromatic rings. The third-order valence-electron chi connectivity index (χ3n) is 0. The molecule has 0 heterocycles. The van der Waals surface area contributed by atoms with Crippen LogP contribution in [0, 0.1) is 0 Å². The monoisotopic (exact) mass is 1170 g/mol. The molecule has 0 amide bonds. The first-order chi connectivity index (χ1) is 30.0. The zero-order valence-electron chi connectivity index (χ0n) is 58.8. The average molecular weight is 1170 g/mol. The van der Waals surface area contributed by atoms with Crippen LogP contribution in [0.5, 0.6) is 0 Å². The number of hydrogen-bond donors (Lipinski definition) is 0. The van der Waals surface area contributed by atoms with Gasteiger partial charge in [-0.2, -0.15) is 0 Å². The van der Waals surface area contributed by atoms with E-state index in [1.807, 2.05) is 388 Å². The lowest BCUT2D eigenvalue weighted by Crippen LogP contribution is -0.856. The quantitative estimate of drug-likeness (QED) is 0.212. The summed E-state index contributed by atoms with van der Waals surface area (Å²) in [5.41, 5.74) is 0. The fourth-order valence-corrected chi connectivity index (χ4v) is 0. The van der Waals surface area contributed by atoms with E-state index in [4.69, 9.17) is 0 Å². The van der Waals surface area contributed by atoms with Gasteiger partial charge >= 0.3 is 0 Å². The van der Waals surface area contributed by atoms with E-state index in [9.17, 15) is 0 Å². The Balaban J connectivity index is -0.00000000267. The van der Waals surface area contributed by atoms with Crippen LogP contribution in [0.15, 0.2) is 26.3 Å². The van der Waals surface area contributed by atoms with Crippen molar-refractivity contribution in [2.75, 3.05) is 0 Å². The summed E-state index contributed by atoms with van der Waals surface area (Å²) in [5, 5.41) is 0. The van der Waals surface area contributed by atoms with Gasteiger partial charge in [0.15, 0.2) is 0 Å². The van der Waals surface area contributed by atoms with Gasteiger partial charge in [-0.3, -0.25) is 0 Å². The van der Waals surface area contributed by atoms with E-state index >= 15 is 0 Å². The molecule has 0 unspecified atom stereocenters. The number of hydrogen-bond acceptors (Lipinski definition) is 0. The van der Waals surface area contributed by atoms with E-state index in [0.29, 0.717) is 0 Å². The normalized spacial score (nSPS) is 2.29. The van der Waals surface area contributed by atoms with Crippen LogP contribution in [0.2, 0.25) is 0 Å². The Bertz CT molecular complexity index is 2.00. The van der Waals surface area contributed by atoms with Gasteiger partial charge in [0.2, 0.25) is 0 Å². The summed E-state index contributed by atoms with van der Waals surface area (Å²) < 4.78 is 0. The Kier molecular flexibility index (Phi) is 10100000. The first-order valence-electron chi connectivity index (χ1n) is 29.0. The van der Waals surface area contributed by atoms with Gasteiger partial charge in [-0.05, 0) is 0 Å². The molecule has 0 saturated heterocycles. The predicted octanol–water partition coefficient (Wildman–Crippen LogP) is 41.2. The van der Waals surface area contributed by atoms with Crippen molar-refractivity contribution in [2.45, 2.75) is 514 Å². The molecule has 0 rings (SSSR count). The third kappa shape index (κ3) is 1510000. The minimum atomic E-state index is 0. The Morgan fingerprint density at radius 1 is 0.0649 bits per heavy atom. The van der Waals surface area contributed by atoms with E-state index in [1.54, 1.807) is 0 Å². The van der Waals surface area contributed by atoms with Crippen molar-refractivity contribution >= 4 is 0 Å². The van der Waals surface area contributed by atoms with Crippen LogP contribution in [0.25, 0.3) is 0 Å². The van der Waals surface area contributed by atoms with Crippen LogP contribution < -0.4 is 0 Å². The highest BCUT2D eigenvalue weighted by Crippen LogP contribution is 1.20. The van der Waals surface area contributed by atoms with E-state index in [0.717, 1.165) is 0 Å². The smallest absolute Gasteiger partial charge is 0.0683 e. The first-order valence-corrected chi connectivity index (χ1v) is 29.0. The van der Waals surface area contributed by atoms with Crippen molar-refractivity contribution in [1.29, 1.82) is 0 Å². The molecule has 0 bridgehead atoms. The summed E-state index contributed by atoms with van der Waals surface area (Å²) >= 11 is 0. The SMILES string of the molecule is C.C.C.C.C.C.C.C.C.C.C.C.C.C.C.C.C.C=C.C=C.CC.CC.CC.CC.CC.CC.CC.CC.CC.CC.CC.CC.CC.CC.CC.CC.CC.CC.CC.CC.CC.CC.CC.CC.CC.CC.CC.CC. The van der Waals surface area contributed by atoms with Crippen molar-refractivity contribution in [1.82, 2.24) is 0 Å². The van der Waals surface area contributed by atoms with E-state index < -0.39 is 0 Å². The van der Waals surface area contributed by atoms with Crippen molar-refractivity contribution in [2.24, 2.45) is 0 Å². The molecule has 0 aromatic carbocycles. The van der Waals surface area contributed by atoms with Crippen LogP contribution in [0.3, 0.4) is 0 Å². The van der Waals surface area contributed by atoms with E-state index in [2.05, 4.69) is 26.3 Å². The third-order valence-corrected chi connectivity index (χ3v) is 0. The Hall–Kier alpha value is -0.520. The summed E-state index contributed by atoms with van der Waals surface area (Å²) in [6, 6.07) is 0. The maximum Gasteiger partial charge on any atom is -0.0683 e. The molecule has 0 saturated carbocycles. The Morgan fingerprint density at radius 2 is 0.0649 bits per heavy atom.